The Morgan fingerprint density at radius 1 is 0.929 bits per heavy atom. The summed E-state index contributed by atoms with van der Waals surface area (Å²) in [6.45, 7) is 5.69. The van der Waals surface area contributed by atoms with E-state index in [1.165, 1.54) is 5.52 Å². The van der Waals surface area contributed by atoms with Gasteiger partial charge in [0.15, 0.2) is 5.96 Å². The number of hydrogen-bond acceptors (Lipinski definition) is 3. The molecule has 1 heterocycles. The third-order valence-corrected chi connectivity index (χ3v) is 4.67. The van der Waals surface area contributed by atoms with E-state index in [-0.39, 0.29) is 0 Å². The summed E-state index contributed by atoms with van der Waals surface area (Å²) in [6, 6.07) is 18.6. The highest BCUT2D eigenvalue weighted by molar-refractivity contribution is 5.79. The highest BCUT2D eigenvalue weighted by Gasteiger charge is 2.06. The van der Waals surface area contributed by atoms with Crippen LogP contribution in [0.15, 0.2) is 59.6 Å². The number of imidazole rings is 1. The fourth-order valence-electron chi connectivity index (χ4n) is 3.23. The summed E-state index contributed by atoms with van der Waals surface area (Å²) in [6.07, 6.45) is 2.03. The molecule has 0 fully saturated rings. The largest absolute Gasteiger partial charge is 0.385 e. The highest BCUT2D eigenvalue weighted by atomic mass is 15.2. The number of anilines is 1. The second-order valence-corrected chi connectivity index (χ2v) is 6.73. The summed E-state index contributed by atoms with van der Waals surface area (Å²) in [7, 11) is 1.81. The minimum absolute atomic E-state index is 0.854. The monoisotopic (exact) mass is 378 g/mol. The summed E-state index contributed by atoms with van der Waals surface area (Å²) < 4.78 is 2.28. The second-order valence-electron chi connectivity index (χ2n) is 6.73. The normalized spacial score (nSPS) is 11.6. The Balaban J connectivity index is 1.33. The predicted molar refractivity (Wildman–Crippen MR) is 118 cm³/mol. The van der Waals surface area contributed by atoms with Crippen LogP contribution in [0.1, 0.15) is 18.7 Å². The van der Waals surface area contributed by atoms with Crippen molar-refractivity contribution >= 4 is 22.7 Å². The molecule has 1 aromatic heterocycles. The van der Waals surface area contributed by atoms with Gasteiger partial charge in [-0.3, -0.25) is 4.99 Å². The van der Waals surface area contributed by atoms with Gasteiger partial charge >= 0.3 is 0 Å². The highest BCUT2D eigenvalue weighted by Crippen LogP contribution is 2.15. The molecule has 0 aliphatic rings. The Hall–Kier alpha value is -3.02. The van der Waals surface area contributed by atoms with Crippen LogP contribution in [-0.2, 0) is 6.54 Å². The molecule has 148 valence electrons. The van der Waals surface area contributed by atoms with Gasteiger partial charge in [0.1, 0.15) is 5.82 Å². The average Bonchev–Trinajstić information content (AvgIpc) is 3.05. The van der Waals surface area contributed by atoms with Crippen molar-refractivity contribution in [1.82, 2.24) is 20.2 Å². The minimum atomic E-state index is 0.854. The van der Waals surface area contributed by atoms with Crippen molar-refractivity contribution in [3.8, 4) is 0 Å². The summed E-state index contributed by atoms with van der Waals surface area (Å²) in [5.41, 5.74) is 3.43. The first-order valence-electron chi connectivity index (χ1n) is 9.93. The molecule has 0 atom stereocenters. The molecule has 2 aromatic carbocycles. The number of guanidine groups is 1. The van der Waals surface area contributed by atoms with Crippen molar-refractivity contribution in [3.63, 3.8) is 0 Å². The number of fused-ring (bicyclic) bond motifs is 1. The number of nitrogens with zero attached hydrogens (tertiary/aromatic N) is 3. The molecule has 0 radical (unpaired) electrons. The minimum Gasteiger partial charge on any atom is -0.385 e. The number of hydrogen-bond donors (Lipinski definition) is 3. The summed E-state index contributed by atoms with van der Waals surface area (Å²) in [5, 5.41) is 10.2. The van der Waals surface area contributed by atoms with Gasteiger partial charge < -0.3 is 20.5 Å². The molecule has 3 aromatic rings. The molecule has 0 spiro atoms. The van der Waals surface area contributed by atoms with Crippen LogP contribution >= 0.6 is 0 Å². The smallest absolute Gasteiger partial charge is 0.190 e. The van der Waals surface area contributed by atoms with Crippen molar-refractivity contribution < 1.29 is 0 Å². The lowest BCUT2D eigenvalue weighted by Gasteiger charge is -2.13. The Labute approximate surface area is 167 Å². The predicted octanol–water partition coefficient (Wildman–Crippen LogP) is 3.40. The van der Waals surface area contributed by atoms with Gasteiger partial charge in [0.25, 0.3) is 0 Å². The number of rotatable bonds is 9. The standard InChI is InChI=1S/C22H30N6/c1-18-27-20-12-6-7-13-21(20)28(18)17-9-16-26-22(23-2)25-15-8-14-24-19-10-4-3-5-11-19/h3-7,10-13,24H,8-9,14-17H2,1-2H3,(H2,23,25,26). The van der Waals surface area contributed by atoms with Crippen LogP contribution in [0.3, 0.4) is 0 Å². The number of para-hydroxylation sites is 3. The fourth-order valence-corrected chi connectivity index (χ4v) is 3.23. The van der Waals surface area contributed by atoms with Gasteiger partial charge in [-0.05, 0) is 44.0 Å². The summed E-state index contributed by atoms with van der Waals surface area (Å²) in [4.78, 5) is 8.92. The number of nitrogens with one attached hydrogen (secondary N) is 3. The SMILES string of the molecule is CN=C(NCCCNc1ccccc1)NCCCn1c(C)nc2ccccc21. The van der Waals surface area contributed by atoms with Gasteiger partial charge in [-0.15, -0.1) is 0 Å². The van der Waals surface area contributed by atoms with E-state index in [1.54, 1.807) is 0 Å². The molecule has 3 N–H and O–H groups in total. The van der Waals surface area contributed by atoms with Crippen LogP contribution in [0.5, 0.6) is 0 Å². The molecular weight excluding hydrogens is 348 g/mol. The van der Waals surface area contributed by atoms with Crippen LogP contribution in [0, 0.1) is 6.92 Å². The maximum atomic E-state index is 4.62. The van der Waals surface area contributed by atoms with E-state index in [4.69, 9.17) is 0 Å². The molecule has 0 unspecified atom stereocenters. The van der Waals surface area contributed by atoms with Crippen LogP contribution in [-0.4, -0.2) is 42.2 Å². The van der Waals surface area contributed by atoms with Crippen molar-refractivity contribution in [1.29, 1.82) is 0 Å². The van der Waals surface area contributed by atoms with Gasteiger partial charge in [-0.2, -0.15) is 0 Å². The van der Waals surface area contributed by atoms with Crippen molar-refractivity contribution in [3.05, 3.63) is 60.4 Å². The molecule has 0 bridgehead atoms. The zero-order valence-electron chi connectivity index (χ0n) is 16.8. The molecule has 0 saturated heterocycles. The summed E-state index contributed by atoms with van der Waals surface area (Å²) >= 11 is 0. The van der Waals surface area contributed by atoms with Crippen molar-refractivity contribution in [2.24, 2.45) is 4.99 Å². The van der Waals surface area contributed by atoms with E-state index in [2.05, 4.69) is 67.7 Å². The molecular formula is C22H30N6. The molecule has 3 rings (SSSR count). The fraction of sp³-hybridized carbons (Fsp3) is 0.364. The second kappa shape index (κ2) is 10.3. The lowest BCUT2D eigenvalue weighted by Crippen LogP contribution is -2.38. The van der Waals surface area contributed by atoms with Gasteiger partial charge in [-0.25, -0.2) is 4.98 Å². The topological polar surface area (TPSA) is 66.3 Å². The van der Waals surface area contributed by atoms with Gasteiger partial charge in [0, 0.05) is 38.9 Å². The van der Waals surface area contributed by atoms with Crippen molar-refractivity contribution in [2.45, 2.75) is 26.3 Å². The van der Waals surface area contributed by atoms with Crippen LogP contribution < -0.4 is 16.0 Å². The maximum absolute atomic E-state index is 4.62. The third kappa shape index (κ3) is 5.49. The number of aliphatic imine (C=N–C) groups is 1. The van der Waals surface area contributed by atoms with Crippen molar-refractivity contribution in [2.75, 3.05) is 32.0 Å². The number of benzene rings is 2. The molecule has 28 heavy (non-hydrogen) atoms. The Bertz CT molecular complexity index is 884. The first-order chi connectivity index (χ1) is 13.8. The average molecular weight is 379 g/mol. The third-order valence-electron chi connectivity index (χ3n) is 4.67. The van der Waals surface area contributed by atoms with Gasteiger partial charge in [-0.1, -0.05) is 30.3 Å². The number of aryl methyl sites for hydroxylation is 2. The van der Waals surface area contributed by atoms with Crippen LogP contribution in [0.2, 0.25) is 0 Å². The number of aromatic nitrogens is 2. The quantitative estimate of drug-likeness (QED) is 0.303. The zero-order valence-corrected chi connectivity index (χ0v) is 16.8. The van der Waals surface area contributed by atoms with Crippen LogP contribution in [0.4, 0.5) is 5.69 Å². The Morgan fingerprint density at radius 2 is 1.64 bits per heavy atom. The molecule has 0 aliphatic heterocycles. The van der Waals surface area contributed by atoms with E-state index >= 15 is 0 Å². The Kier molecular flexibility index (Phi) is 7.29. The first kappa shape index (κ1) is 19.7. The van der Waals surface area contributed by atoms with E-state index in [0.717, 1.165) is 62.0 Å². The maximum Gasteiger partial charge on any atom is 0.190 e. The van der Waals surface area contributed by atoms with E-state index in [1.807, 2.05) is 31.3 Å². The molecule has 6 nitrogen and oxygen atoms in total. The van der Waals surface area contributed by atoms with Gasteiger partial charge in [0.2, 0.25) is 0 Å². The Morgan fingerprint density at radius 3 is 2.43 bits per heavy atom. The van der Waals surface area contributed by atoms with E-state index in [9.17, 15) is 0 Å². The first-order valence-corrected chi connectivity index (χ1v) is 9.93. The van der Waals surface area contributed by atoms with Crippen LogP contribution in [0.25, 0.3) is 11.0 Å². The zero-order chi connectivity index (χ0) is 19.6. The molecule has 6 heteroatoms. The van der Waals surface area contributed by atoms with E-state index in [0.29, 0.717) is 0 Å². The molecule has 0 amide bonds. The lowest BCUT2D eigenvalue weighted by atomic mass is 10.3. The summed E-state index contributed by atoms with van der Waals surface area (Å²) in [5.74, 6) is 1.92. The molecule has 0 saturated carbocycles. The van der Waals surface area contributed by atoms with E-state index < -0.39 is 0 Å². The van der Waals surface area contributed by atoms with Gasteiger partial charge in [0.05, 0.1) is 11.0 Å². The lowest BCUT2D eigenvalue weighted by molar-refractivity contribution is 0.623. The molecule has 0 aliphatic carbocycles.